The molecule has 6 nitrogen and oxygen atoms in total. The number of aliphatic hydroxyl groups is 1. The molecule has 2 aliphatic heterocycles. The van der Waals surface area contributed by atoms with Gasteiger partial charge in [-0.2, -0.15) is 0 Å². The van der Waals surface area contributed by atoms with E-state index in [1.54, 1.807) is 17.7 Å². The van der Waals surface area contributed by atoms with Crippen LogP contribution in [0.25, 0.3) is 10.2 Å². The number of piperidine rings is 1. The Morgan fingerprint density at radius 2 is 2.00 bits per heavy atom. The first-order chi connectivity index (χ1) is 13.2. The van der Waals surface area contributed by atoms with E-state index in [-0.39, 0.29) is 6.61 Å². The average Bonchev–Trinajstić information content (AvgIpc) is 3.17. The van der Waals surface area contributed by atoms with E-state index in [2.05, 4.69) is 50.0 Å². The Hall–Kier alpha value is -1.28. The van der Waals surface area contributed by atoms with Gasteiger partial charge >= 0.3 is 0 Å². The third-order valence-electron chi connectivity index (χ3n) is 6.21. The number of thiophene rings is 1. The maximum absolute atomic E-state index is 9.67. The summed E-state index contributed by atoms with van der Waals surface area (Å²) < 4.78 is 1.18. The van der Waals surface area contributed by atoms with Crippen molar-refractivity contribution in [1.82, 2.24) is 19.8 Å². The van der Waals surface area contributed by atoms with Gasteiger partial charge in [0.1, 0.15) is 12.1 Å². The molecule has 0 aromatic carbocycles. The molecule has 0 spiro atoms. The zero-order valence-corrected chi connectivity index (χ0v) is 17.2. The predicted octanol–water partition coefficient (Wildman–Crippen LogP) is 2.44. The molecule has 0 aliphatic carbocycles. The SMILES string of the molecule is CC(C)N1CCC(N2CCN(c3ncnc4ccsc34)CC2CCO)CC1. The third kappa shape index (κ3) is 3.97. The van der Waals surface area contributed by atoms with Crippen LogP contribution in [0.2, 0.25) is 0 Å². The summed E-state index contributed by atoms with van der Waals surface area (Å²) in [6.45, 7) is 10.2. The first kappa shape index (κ1) is 19.1. The van der Waals surface area contributed by atoms with E-state index < -0.39 is 0 Å². The molecule has 4 heterocycles. The monoisotopic (exact) mass is 389 g/mol. The lowest BCUT2D eigenvalue weighted by atomic mass is 9.97. The van der Waals surface area contributed by atoms with Gasteiger partial charge in [0.2, 0.25) is 0 Å². The van der Waals surface area contributed by atoms with E-state index in [4.69, 9.17) is 0 Å². The van der Waals surface area contributed by atoms with E-state index in [0.717, 1.165) is 37.4 Å². The molecule has 7 heteroatoms. The fourth-order valence-corrected chi connectivity index (χ4v) is 5.55. The highest BCUT2D eigenvalue weighted by atomic mass is 32.1. The quantitative estimate of drug-likeness (QED) is 0.848. The van der Waals surface area contributed by atoms with E-state index >= 15 is 0 Å². The molecule has 2 aromatic heterocycles. The molecule has 0 saturated carbocycles. The van der Waals surface area contributed by atoms with Gasteiger partial charge < -0.3 is 14.9 Å². The Balaban J connectivity index is 1.47. The lowest BCUT2D eigenvalue weighted by Crippen LogP contribution is -2.59. The van der Waals surface area contributed by atoms with Gasteiger partial charge in [-0.1, -0.05) is 0 Å². The summed E-state index contributed by atoms with van der Waals surface area (Å²) in [5.41, 5.74) is 1.03. The number of anilines is 1. The van der Waals surface area contributed by atoms with E-state index in [1.165, 1.54) is 30.6 Å². The van der Waals surface area contributed by atoms with Crippen molar-refractivity contribution in [1.29, 1.82) is 0 Å². The van der Waals surface area contributed by atoms with Gasteiger partial charge in [0.05, 0.1) is 10.2 Å². The zero-order chi connectivity index (χ0) is 18.8. The van der Waals surface area contributed by atoms with Crippen molar-refractivity contribution in [2.75, 3.05) is 44.2 Å². The molecule has 0 radical (unpaired) electrons. The molecule has 1 atom stereocenters. The van der Waals surface area contributed by atoms with Crippen molar-refractivity contribution in [2.45, 2.75) is 51.2 Å². The Kier molecular flexibility index (Phi) is 5.92. The number of aliphatic hydroxyl groups excluding tert-OH is 1. The van der Waals surface area contributed by atoms with Crippen LogP contribution in [0.4, 0.5) is 5.82 Å². The zero-order valence-electron chi connectivity index (χ0n) is 16.4. The van der Waals surface area contributed by atoms with Crippen LogP contribution in [0.5, 0.6) is 0 Å². The van der Waals surface area contributed by atoms with Gasteiger partial charge in [-0.25, -0.2) is 9.97 Å². The van der Waals surface area contributed by atoms with Crippen molar-refractivity contribution in [3.63, 3.8) is 0 Å². The van der Waals surface area contributed by atoms with Gasteiger partial charge in [0, 0.05) is 44.4 Å². The standard InChI is InChI=1S/C20H31N5OS/c1-15(2)23-7-3-16(4-8-23)25-10-9-24(13-17(25)5-11-26)20-19-18(6-12-27-19)21-14-22-20/h6,12,14-17,26H,3-5,7-11,13H2,1-2H3. The summed E-state index contributed by atoms with van der Waals surface area (Å²) in [5, 5.41) is 11.8. The van der Waals surface area contributed by atoms with E-state index in [0.29, 0.717) is 18.1 Å². The smallest absolute Gasteiger partial charge is 0.150 e. The summed E-state index contributed by atoms with van der Waals surface area (Å²) in [5.74, 6) is 1.06. The number of aromatic nitrogens is 2. The summed E-state index contributed by atoms with van der Waals surface area (Å²) >= 11 is 1.72. The average molecular weight is 390 g/mol. The molecule has 148 valence electrons. The minimum absolute atomic E-state index is 0.248. The lowest BCUT2D eigenvalue weighted by Gasteiger charge is -2.48. The Morgan fingerprint density at radius 3 is 2.74 bits per heavy atom. The van der Waals surface area contributed by atoms with Crippen LogP contribution in [0.15, 0.2) is 17.8 Å². The van der Waals surface area contributed by atoms with Crippen LogP contribution in [-0.2, 0) is 0 Å². The molecule has 2 fully saturated rings. The highest BCUT2D eigenvalue weighted by molar-refractivity contribution is 7.17. The van der Waals surface area contributed by atoms with Crippen LogP contribution in [0.1, 0.15) is 33.1 Å². The minimum atomic E-state index is 0.248. The maximum Gasteiger partial charge on any atom is 0.150 e. The Bertz CT molecular complexity index is 743. The molecular weight excluding hydrogens is 358 g/mol. The van der Waals surface area contributed by atoms with Gasteiger partial charge in [0.25, 0.3) is 0 Å². The Labute approximate surface area is 165 Å². The normalized spacial score (nSPS) is 23.6. The van der Waals surface area contributed by atoms with Gasteiger partial charge in [-0.05, 0) is 57.6 Å². The predicted molar refractivity (Wildman–Crippen MR) is 112 cm³/mol. The summed E-state index contributed by atoms with van der Waals surface area (Å²) in [7, 11) is 0. The number of hydrogen-bond donors (Lipinski definition) is 1. The second kappa shape index (κ2) is 8.39. The van der Waals surface area contributed by atoms with Crippen LogP contribution in [0.3, 0.4) is 0 Å². The molecule has 0 amide bonds. The molecule has 27 heavy (non-hydrogen) atoms. The fourth-order valence-electron chi connectivity index (χ4n) is 4.68. The van der Waals surface area contributed by atoms with Crippen molar-refractivity contribution in [3.05, 3.63) is 17.8 Å². The summed E-state index contributed by atoms with van der Waals surface area (Å²) in [6, 6.07) is 3.74. The minimum Gasteiger partial charge on any atom is -0.396 e. The van der Waals surface area contributed by atoms with Crippen molar-refractivity contribution in [3.8, 4) is 0 Å². The summed E-state index contributed by atoms with van der Waals surface area (Å²) in [6.07, 6.45) is 4.99. The van der Waals surface area contributed by atoms with Crippen LogP contribution < -0.4 is 4.90 Å². The number of nitrogens with zero attached hydrogens (tertiary/aromatic N) is 5. The molecule has 2 aromatic rings. The first-order valence-corrected chi connectivity index (χ1v) is 11.1. The number of hydrogen-bond acceptors (Lipinski definition) is 7. The molecule has 1 N–H and O–H groups in total. The van der Waals surface area contributed by atoms with Crippen LogP contribution in [0, 0.1) is 0 Å². The third-order valence-corrected chi connectivity index (χ3v) is 7.11. The van der Waals surface area contributed by atoms with E-state index in [1.807, 2.05) is 0 Å². The largest absolute Gasteiger partial charge is 0.396 e. The van der Waals surface area contributed by atoms with Crippen molar-refractivity contribution in [2.24, 2.45) is 0 Å². The van der Waals surface area contributed by atoms with Gasteiger partial charge in [-0.3, -0.25) is 4.90 Å². The molecule has 0 bridgehead atoms. The second-order valence-electron chi connectivity index (χ2n) is 8.04. The molecular formula is C20H31N5OS. The fraction of sp³-hybridized carbons (Fsp3) is 0.700. The molecule has 4 rings (SSSR count). The van der Waals surface area contributed by atoms with E-state index in [9.17, 15) is 5.11 Å². The number of piperazine rings is 1. The second-order valence-corrected chi connectivity index (χ2v) is 8.96. The highest BCUT2D eigenvalue weighted by Crippen LogP contribution is 2.31. The summed E-state index contributed by atoms with van der Waals surface area (Å²) in [4.78, 5) is 16.6. The number of likely N-dealkylation sites (tertiary alicyclic amines) is 1. The Morgan fingerprint density at radius 1 is 1.19 bits per heavy atom. The van der Waals surface area contributed by atoms with Crippen LogP contribution in [-0.4, -0.2) is 82.3 Å². The van der Waals surface area contributed by atoms with Gasteiger partial charge in [0.15, 0.2) is 0 Å². The van der Waals surface area contributed by atoms with Crippen molar-refractivity contribution < 1.29 is 5.11 Å². The number of rotatable bonds is 5. The molecule has 2 aliphatic rings. The highest BCUT2D eigenvalue weighted by Gasteiger charge is 2.34. The molecule has 1 unspecified atom stereocenters. The van der Waals surface area contributed by atoms with Crippen LogP contribution >= 0.6 is 11.3 Å². The number of fused-ring (bicyclic) bond motifs is 1. The van der Waals surface area contributed by atoms with Gasteiger partial charge in [-0.15, -0.1) is 11.3 Å². The topological polar surface area (TPSA) is 55.7 Å². The lowest BCUT2D eigenvalue weighted by molar-refractivity contribution is 0.0463. The maximum atomic E-state index is 9.67. The molecule has 2 saturated heterocycles. The first-order valence-electron chi connectivity index (χ1n) is 10.2. The van der Waals surface area contributed by atoms with Crippen molar-refractivity contribution >= 4 is 27.4 Å².